The molecule has 2 heterocycles. The highest BCUT2D eigenvalue weighted by molar-refractivity contribution is 6.35. The number of nitrogens with zero attached hydrogens (tertiary/aromatic N) is 1. The highest BCUT2D eigenvalue weighted by Gasteiger charge is 2.43. The molecule has 36 heavy (non-hydrogen) atoms. The number of halogens is 3. The van der Waals surface area contributed by atoms with Crippen LogP contribution < -0.4 is 20.3 Å². The lowest BCUT2D eigenvalue weighted by Gasteiger charge is -2.41. The van der Waals surface area contributed by atoms with Gasteiger partial charge in [-0.15, -0.1) is 0 Å². The predicted octanol–water partition coefficient (Wildman–Crippen LogP) is 5.50. The van der Waals surface area contributed by atoms with Gasteiger partial charge < -0.3 is 20.3 Å². The van der Waals surface area contributed by atoms with Crippen molar-refractivity contribution in [1.82, 2.24) is 10.6 Å². The number of hydrogen-bond acceptors (Lipinski definition) is 4. The molecule has 9 heteroatoms. The number of hydrogen-bond donors (Lipinski definition) is 2. The molecular weight excluding hydrogens is 504 g/mol. The number of carbonyl (C=O) groups excluding carboxylic acids is 2. The van der Waals surface area contributed by atoms with Crippen molar-refractivity contribution >= 4 is 40.7 Å². The van der Waals surface area contributed by atoms with Crippen LogP contribution in [-0.4, -0.2) is 41.6 Å². The topological polar surface area (TPSA) is 70.7 Å². The van der Waals surface area contributed by atoms with Gasteiger partial charge in [-0.3, -0.25) is 9.59 Å². The molecule has 2 unspecified atom stereocenters. The summed E-state index contributed by atoms with van der Waals surface area (Å²) in [4.78, 5) is 27.7. The van der Waals surface area contributed by atoms with E-state index in [-0.39, 0.29) is 41.5 Å². The zero-order valence-corrected chi connectivity index (χ0v) is 21.8. The van der Waals surface area contributed by atoms with Crippen LogP contribution in [-0.2, 0) is 4.79 Å². The number of anilines is 1. The van der Waals surface area contributed by atoms with Crippen molar-refractivity contribution in [3.05, 3.63) is 57.8 Å². The summed E-state index contributed by atoms with van der Waals surface area (Å²) < 4.78 is 20.8. The second-order valence-corrected chi connectivity index (χ2v) is 11.4. The van der Waals surface area contributed by atoms with Crippen molar-refractivity contribution in [2.75, 3.05) is 4.90 Å². The lowest BCUT2D eigenvalue weighted by Crippen LogP contribution is -2.55. The Balaban J connectivity index is 1.22. The Hall–Kier alpha value is -2.51. The van der Waals surface area contributed by atoms with Crippen molar-refractivity contribution < 1.29 is 18.7 Å². The van der Waals surface area contributed by atoms with Crippen LogP contribution in [0.3, 0.4) is 0 Å². The fourth-order valence-electron chi connectivity index (χ4n) is 5.29. The SMILES string of the molecule is CC(C)(Oc1ccc(Cl)cc1Cl)C(=O)NC1CC2CCC(C1)N2c1ccc(C(=O)NC2CC2)c(F)c1. The predicted molar refractivity (Wildman–Crippen MR) is 139 cm³/mol. The molecule has 192 valence electrons. The Morgan fingerprint density at radius 1 is 0.972 bits per heavy atom. The van der Waals surface area contributed by atoms with Gasteiger partial charge >= 0.3 is 0 Å². The van der Waals surface area contributed by atoms with Gasteiger partial charge in [-0.05, 0) is 88.8 Å². The molecule has 1 aliphatic carbocycles. The van der Waals surface area contributed by atoms with E-state index in [0.29, 0.717) is 15.8 Å². The van der Waals surface area contributed by atoms with Crippen LogP contribution in [0.5, 0.6) is 5.75 Å². The van der Waals surface area contributed by atoms with Gasteiger partial charge in [-0.2, -0.15) is 0 Å². The molecule has 5 rings (SSSR count). The van der Waals surface area contributed by atoms with E-state index < -0.39 is 11.4 Å². The molecular formula is C27H30Cl2FN3O3. The van der Waals surface area contributed by atoms with E-state index in [1.54, 1.807) is 38.1 Å². The normalized spacial score (nSPS) is 23.4. The maximum absolute atomic E-state index is 14.8. The summed E-state index contributed by atoms with van der Waals surface area (Å²) in [5, 5.41) is 6.84. The van der Waals surface area contributed by atoms with Crippen LogP contribution in [0.2, 0.25) is 10.0 Å². The first-order chi connectivity index (χ1) is 17.1. The van der Waals surface area contributed by atoms with Crippen LogP contribution in [0, 0.1) is 5.82 Å². The van der Waals surface area contributed by atoms with Crippen molar-refractivity contribution in [2.24, 2.45) is 0 Å². The quantitative estimate of drug-likeness (QED) is 0.493. The lowest BCUT2D eigenvalue weighted by molar-refractivity contribution is -0.135. The van der Waals surface area contributed by atoms with Gasteiger partial charge in [0.25, 0.3) is 11.8 Å². The number of fused-ring (bicyclic) bond motifs is 2. The zero-order valence-electron chi connectivity index (χ0n) is 20.3. The summed E-state index contributed by atoms with van der Waals surface area (Å²) in [5.74, 6) is -0.674. The smallest absolute Gasteiger partial charge is 0.263 e. The summed E-state index contributed by atoms with van der Waals surface area (Å²) >= 11 is 12.2. The summed E-state index contributed by atoms with van der Waals surface area (Å²) in [5.41, 5.74) is -0.259. The van der Waals surface area contributed by atoms with Crippen LogP contribution in [0.15, 0.2) is 36.4 Å². The summed E-state index contributed by atoms with van der Waals surface area (Å²) in [6.45, 7) is 3.42. The van der Waals surface area contributed by atoms with E-state index in [9.17, 15) is 14.0 Å². The Kier molecular flexibility index (Phi) is 6.81. The van der Waals surface area contributed by atoms with Gasteiger partial charge in [0.2, 0.25) is 0 Å². The Morgan fingerprint density at radius 2 is 1.67 bits per heavy atom. The van der Waals surface area contributed by atoms with Crippen molar-refractivity contribution in [3.63, 3.8) is 0 Å². The zero-order chi connectivity index (χ0) is 25.6. The van der Waals surface area contributed by atoms with Crippen molar-refractivity contribution in [1.29, 1.82) is 0 Å². The number of ether oxygens (including phenoxy) is 1. The third-order valence-corrected chi connectivity index (χ3v) is 7.81. The summed E-state index contributed by atoms with van der Waals surface area (Å²) in [6, 6.07) is 10.3. The van der Waals surface area contributed by atoms with Gasteiger partial charge in [0, 0.05) is 34.9 Å². The maximum atomic E-state index is 14.8. The van der Waals surface area contributed by atoms with Gasteiger partial charge in [0.1, 0.15) is 11.6 Å². The Bertz CT molecular complexity index is 1170. The summed E-state index contributed by atoms with van der Waals surface area (Å²) in [6.07, 6.45) is 5.37. The largest absolute Gasteiger partial charge is 0.476 e. The molecule has 6 nitrogen and oxygen atoms in total. The molecule has 2 saturated heterocycles. The third-order valence-electron chi connectivity index (χ3n) is 7.28. The van der Waals surface area contributed by atoms with E-state index in [4.69, 9.17) is 27.9 Å². The molecule has 0 spiro atoms. The molecule has 0 aromatic heterocycles. The minimum absolute atomic E-state index is 0.0109. The standard InChI is InChI=1S/C27H30Cl2FN3O3/c1-27(2,36-24-10-3-15(28)11-22(24)29)26(35)32-17-12-18-6-7-19(13-17)33(18)20-8-9-21(23(30)14-20)25(34)31-16-4-5-16/h3,8-11,14,16-19H,4-7,12-13H2,1-2H3,(H,31,34)(H,32,35). The maximum Gasteiger partial charge on any atom is 0.263 e. The van der Waals surface area contributed by atoms with Gasteiger partial charge in [0.05, 0.1) is 10.6 Å². The number of amides is 2. The van der Waals surface area contributed by atoms with E-state index >= 15 is 0 Å². The van der Waals surface area contributed by atoms with E-state index in [2.05, 4.69) is 15.5 Å². The average molecular weight is 534 g/mol. The highest BCUT2D eigenvalue weighted by Crippen LogP contribution is 2.40. The molecule has 2 amide bonds. The highest BCUT2D eigenvalue weighted by atomic mass is 35.5. The molecule has 2 aliphatic heterocycles. The van der Waals surface area contributed by atoms with Crippen LogP contribution >= 0.6 is 23.2 Å². The van der Waals surface area contributed by atoms with Crippen LogP contribution in [0.4, 0.5) is 10.1 Å². The van der Waals surface area contributed by atoms with E-state index in [1.807, 2.05) is 6.07 Å². The number of benzene rings is 2. The molecule has 3 fully saturated rings. The number of carbonyl (C=O) groups is 2. The molecule has 2 aromatic rings. The second-order valence-electron chi connectivity index (χ2n) is 10.5. The van der Waals surface area contributed by atoms with Crippen LogP contribution in [0.25, 0.3) is 0 Å². The molecule has 2 N–H and O–H groups in total. The molecule has 2 aromatic carbocycles. The molecule has 0 radical (unpaired) electrons. The fraction of sp³-hybridized carbons (Fsp3) is 0.481. The van der Waals surface area contributed by atoms with Crippen molar-refractivity contribution in [2.45, 2.75) is 82.1 Å². The Morgan fingerprint density at radius 3 is 2.28 bits per heavy atom. The average Bonchev–Trinajstić information content (AvgIpc) is 3.58. The van der Waals surface area contributed by atoms with Gasteiger partial charge in [0.15, 0.2) is 5.60 Å². The first kappa shape index (κ1) is 25.2. The molecule has 1 saturated carbocycles. The summed E-state index contributed by atoms with van der Waals surface area (Å²) in [7, 11) is 0. The molecule has 2 bridgehead atoms. The monoisotopic (exact) mass is 533 g/mol. The van der Waals surface area contributed by atoms with E-state index in [1.165, 1.54) is 6.07 Å². The minimum Gasteiger partial charge on any atom is -0.476 e. The third kappa shape index (κ3) is 5.28. The number of rotatable bonds is 7. The first-order valence-corrected chi connectivity index (χ1v) is 13.2. The first-order valence-electron chi connectivity index (χ1n) is 12.4. The number of nitrogens with one attached hydrogen (secondary N) is 2. The van der Waals surface area contributed by atoms with Gasteiger partial charge in [-0.1, -0.05) is 23.2 Å². The van der Waals surface area contributed by atoms with Crippen molar-refractivity contribution in [3.8, 4) is 5.75 Å². The number of piperidine rings is 1. The van der Waals surface area contributed by atoms with Gasteiger partial charge in [-0.25, -0.2) is 4.39 Å². The molecule has 3 aliphatic rings. The fourth-order valence-corrected chi connectivity index (χ4v) is 5.74. The lowest BCUT2D eigenvalue weighted by atomic mass is 9.95. The van der Waals surface area contributed by atoms with E-state index in [0.717, 1.165) is 44.2 Å². The minimum atomic E-state index is -1.13. The Labute approximate surface area is 220 Å². The molecule has 2 atom stereocenters. The van der Waals surface area contributed by atoms with Crippen LogP contribution in [0.1, 0.15) is 62.7 Å². The second kappa shape index (κ2) is 9.75.